The average molecular weight is 427 g/mol. The minimum Gasteiger partial charge on any atom is -0.451 e. The molecule has 7 heteroatoms. The maximum Gasteiger partial charge on any atom is 0.291 e. The summed E-state index contributed by atoms with van der Waals surface area (Å²) in [7, 11) is 0. The van der Waals surface area contributed by atoms with Crippen molar-refractivity contribution in [1.29, 1.82) is 0 Å². The van der Waals surface area contributed by atoms with Crippen LogP contribution in [0.4, 0.5) is 5.69 Å². The highest BCUT2D eigenvalue weighted by molar-refractivity contribution is 7.15. The van der Waals surface area contributed by atoms with Crippen molar-refractivity contribution in [2.75, 3.05) is 5.32 Å². The van der Waals surface area contributed by atoms with E-state index in [-0.39, 0.29) is 17.5 Å². The largest absolute Gasteiger partial charge is 0.451 e. The Morgan fingerprint density at radius 3 is 2.42 bits per heavy atom. The van der Waals surface area contributed by atoms with E-state index in [9.17, 15) is 9.59 Å². The van der Waals surface area contributed by atoms with Gasteiger partial charge in [-0.25, -0.2) is 4.98 Å². The predicted octanol–water partition coefficient (Wildman–Crippen LogP) is 5.78. The molecule has 0 aliphatic rings. The molecule has 0 spiro atoms. The van der Waals surface area contributed by atoms with Crippen LogP contribution in [0, 0.1) is 0 Å². The molecule has 0 saturated carbocycles. The van der Waals surface area contributed by atoms with Crippen molar-refractivity contribution in [3.63, 3.8) is 0 Å². The fraction of sp³-hybridized carbons (Fsp3) is 0.0417. The van der Waals surface area contributed by atoms with E-state index in [0.29, 0.717) is 17.0 Å². The molecule has 0 saturated heterocycles. The van der Waals surface area contributed by atoms with Crippen LogP contribution in [0.15, 0.2) is 82.9 Å². The molecule has 0 bridgehead atoms. The number of nitrogens with one attached hydrogen (secondary N) is 1. The molecule has 1 amide bonds. The lowest BCUT2D eigenvalue weighted by Crippen LogP contribution is -2.10. The van der Waals surface area contributed by atoms with Crippen LogP contribution < -0.4 is 5.32 Å². The molecule has 3 heterocycles. The minimum absolute atomic E-state index is 0.00446. The van der Waals surface area contributed by atoms with Crippen molar-refractivity contribution in [3.05, 3.63) is 89.8 Å². The lowest BCUT2D eigenvalue weighted by atomic mass is 10.1. The number of imidazole rings is 1. The highest BCUT2D eigenvalue weighted by atomic mass is 32.1. The Balaban J connectivity index is 1.29. The third-order valence-electron chi connectivity index (χ3n) is 4.94. The SMILES string of the molecule is CC(=O)c1ccc(-c2ccc(C(=O)Nc3ccc(-c4cn5ccsc5n4)cc3)o2)cc1. The van der Waals surface area contributed by atoms with E-state index in [1.807, 2.05) is 46.4 Å². The van der Waals surface area contributed by atoms with Crippen molar-refractivity contribution in [1.82, 2.24) is 9.38 Å². The Hall–Kier alpha value is -3.97. The zero-order valence-electron chi connectivity index (χ0n) is 16.5. The first-order chi connectivity index (χ1) is 15.1. The summed E-state index contributed by atoms with van der Waals surface area (Å²) in [6.45, 7) is 1.52. The number of carbonyl (C=O) groups is 2. The van der Waals surface area contributed by atoms with E-state index in [1.54, 1.807) is 47.7 Å². The molecular formula is C24H17N3O3S. The van der Waals surface area contributed by atoms with Crippen molar-refractivity contribution < 1.29 is 14.0 Å². The van der Waals surface area contributed by atoms with Crippen LogP contribution in [-0.4, -0.2) is 21.1 Å². The van der Waals surface area contributed by atoms with Crippen molar-refractivity contribution in [2.45, 2.75) is 6.92 Å². The smallest absolute Gasteiger partial charge is 0.291 e. The van der Waals surface area contributed by atoms with E-state index >= 15 is 0 Å². The number of anilines is 1. The second kappa shape index (κ2) is 7.70. The topological polar surface area (TPSA) is 76.6 Å². The average Bonchev–Trinajstić information content (AvgIpc) is 3.51. The Morgan fingerprint density at radius 1 is 0.968 bits per heavy atom. The number of carbonyl (C=O) groups excluding carboxylic acids is 2. The van der Waals surface area contributed by atoms with Crippen LogP contribution in [0.1, 0.15) is 27.8 Å². The number of furan rings is 1. The van der Waals surface area contributed by atoms with Crippen molar-refractivity contribution in [3.8, 4) is 22.6 Å². The summed E-state index contributed by atoms with van der Waals surface area (Å²) in [5, 5.41) is 4.84. The van der Waals surface area contributed by atoms with Gasteiger partial charge in [-0.05, 0) is 31.2 Å². The first-order valence-corrected chi connectivity index (χ1v) is 10.5. The Bertz CT molecular complexity index is 1360. The molecule has 0 aliphatic carbocycles. The molecular weight excluding hydrogens is 410 g/mol. The highest BCUT2D eigenvalue weighted by Gasteiger charge is 2.13. The van der Waals surface area contributed by atoms with Crippen LogP contribution in [0.3, 0.4) is 0 Å². The predicted molar refractivity (Wildman–Crippen MR) is 121 cm³/mol. The van der Waals surface area contributed by atoms with E-state index < -0.39 is 0 Å². The molecule has 0 aliphatic heterocycles. The van der Waals surface area contributed by atoms with Crippen LogP contribution in [-0.2, 0) is 0 Å². The van der Waals surface area contributed by atoms with Gasteiger partial charge in [0.2, 0.25) is 0 Å². The lowest BCUT2D eigenvalue weighted by Gasteiger charge is -2.04. The summed E-state index contributed by atoms with van der Waals surface area (Å²) in [5.74, 6) is 0.450. The van der Waals surface area contributed by atoms with Gasteiger partial charge in [0.15, 0.2) is 16.5 Å². The van der Waals surface area contributed by atoms with Crippen LogP contribution >= 0.6 is 11.3 Å². The van der Waals surface area contributed by atoms with Gasteiger partial charge in [0.05, 0.1) is 5.69 Å². The normalized spacial score (nSPS) is 11.0. The number of rotatable bonds is 5. The van der Waals surface area contributed by atoms with E-state index in [0.717, 1.165) is 21.8 Å². The maximum absolute atomic E-state index is 12.6. The third kappa shape index (κ3) is 3.78. The van der Waals surface area contributed by atoms with Gasteiger partial charge < -0.3 is 9.73 Å². The molecule has 5 rings (SSSR count). The van der Waals surface area contributed by atoms with E-state index in [1.165, 1.54) is 6.92 Å². The molecule has 0 atom stereocenters. The van der Waals surface area contributed by atoms with Gasteiger partial charge in [-0.15, -0.1) is 11.3 Å². The van der Waals surface area contributed by atoms with Gasteiger partial charge in [0.25, 0.3) is 5.91 Å². The lowest BCUT2D eigenvalue weighted by molar-refractivity contribution is 0.0994. The number of hydrogen-bond donors (Lipinski definition) is 1. The first kappa shape index (κ1) is 19.0. The number of hydrogen-bond acceptors (Lipinski definition) is 5. The molecule has 152 valence electrons. The molecule has 0 radical (unpaired) electrons. The van der Waals surface area contributed by atoms with Crippen molar-refractivity contribution in [2.24, 2.45) is 0 Å². The Kier molecular flexibility index (Phi) is 4.72. The van der Waals surface area contributed by atoms with Gasteiger partial charge in [-0.2, -0.15) is 0 Å². The molecule has 5 aromatic rings. The number of amides is 1. The van der Waals surface area contributed by atoms with Gasteiger partial charge in [0, 0.05) is 40.2 Å². The molecule has 0 unspecified atom stereocenters. The summed E-state index contributed by atoms with van der Waals surface area (Å²) in [6, 6.07) is 18.0. The van der Waals surface area contributed by atoms with Gasteiger partial charge in [-0.3, -0.25) is 14.0 Å². The summed E-state index contributed by atoms with van der Waals surface area (Å²) >= 11 is 1.58. The van der Waals surface area contributed by atoms with Crippen LogP contribution in [0.5, 0.6) is 0 Å². The summed E-state index contributed by atoms with van der Waals surface area (Å²) in [6.07, 6.45) is 3.95. The maximum atomic E-state index is 12.6. The van der Waals surface area contributed by atoms with Crippen LogP contribution in [0.2, 0.25) is 0 Å². The number of ketones is 1. The van der Waals surface area contributed by atoms with Gasteiger partial charge in [-0.1, -0.05) is 36.4 Å². The fourth-order valence-electron chi connectivity index (χ4n) is 3.27. The van der Waals surface area contributed by atoms with Crippen LogP contribution in [0.25, 0.3) is 27.5 Å². The fourth-order valence-corrected chi connectivity index (χ4v) is 3.97. The zero-order valence-corrected chi connectivity index (χ0v) is 17.3. The van der Waals surface area contributed by atoms with E-state index in [4.69, 9.17) is 4.42 Å². The Labute approximate surface area is 181 Å². The number of fused-ring (bicyclic) bond motifs is 1. The van der Waals surface area contributed by atoms with Gasteiger partial charge in [0.1, 0.15) is 5.76 Å². The first-order valence-electron chi connectivity index (χ1n) is 9.62. The van der Waals surface area contributed by atoms with Gasteiger partial charge >= 0.3 is 0 Å². The summed E-state index contributed by atoms with van der Waals surface area (Å²) < 4.78 is 7.70. The molecule has 2 aromatic carbocycles. The molecule has 1 N–H and O–H groups in total. The molecule has 0 fully saturated rings. The third-order valence-corrected chi connectivity index (χ3v) is 5.71. The molecule has 31 heavy (non-hydrogen) atoms. The minimum atomic E-state index is -0.332. The zero-order chi connectivity index (χ0) is 21.4. The molecule has 3 aromatic heterocycles. The number of benzene rings is 2. The quantitative estimate of drug-likeness (QED) is 0.361. The summed E-state index contributed by atoms with van der Waals surface area (Å²) in [4.78, 5) is 29.5. The Morgan fingerprint density at radius 2 is 1.71 bits per heavy atom. The highest BCUT2D eigenvalue weighted by Crippen LogP contribution is 2.25. The van der Waals surface area contributed by atoms with Crippen molar-refractivity contribution >= 4 is 33.7 Å². The second-order valence-electron chi connectivity index (χ2n) is 7.05. The summed E-state index contributed by atoms with van der Waals surface area (Å²) in [5.41, 5.74) is 3.96. The number of Topliss-reactive ketones (excluding diaryl/α,β-unsaturated/α-hetero) is 1. The number of thiazole rings is 1. The second-order valence-corrected chi connectivity index (χ2v) is 7.92. The molecule has 6 nitrogen and oxygen atoms in total. The van der Waals surface area contributed by atoms with E-state index in [2.05, 4.69) is 10.3 Å². The number of aromatic nitrogens is 2. The number of nitrogens with zero attached hydrogens (tertiary/aromatic N) is 2. The standard InChI is InChI=1S/C24H17N3O3S/c1-15(28)16-2-4-18(5-3-16)21-10-11-22(30-21)23(29)25-19-8-6-17(7-9-19)20-14-27-12-13-31-24(27)26-20/h2-14H,1H3,(H,25,29). The monoisotopic (exact) mass is 427 g/mol.